The van der Waals surface area contributed by atoms with Crippen molar-refractivity contribution in [2.75, 3.05) is 18.1 Å². The minimum absolute atomic E-state index is 0.0662. The second-order valence-corrected chi connectivity index (χ2v) is 7.36. The lowest BCUT2D eigenvalue weighted by Crippen LogP contribution is -2.31. The fourth-order valence-corrected chi connectivity index (χ4v) is 3.34. The number of rotatable bonds is 6. The summed E-state index contributed by atoms with van der Waals surface area (Å²) in [6.07, 6.45) is 1.42. The second kappa shape index (κ2) is 6.69. The number of nitrogens with zero attached hydrogens (tertiary/aromatic N) is 1. The Labute approximate surface area is 118 Å². The van der Waals surface area contributed by atoms with Crippen LogP contribution in [0.2, 0.25) is 0 Å². The number of sulfone groups is 1. The maximum Gasteiger partial charge on any atom is 0.252 e. The first-order chi connectivity index (χ1) is 9.21. The second-order valence-electron chi connectivity index (χ2n) is 5.13. The fourth-order valence-electron chi connectivity index (χ4n) is 1.74. The minimum atomic E-state index is -3.14. The van der Waals surface area contributed by atoms with E-state index in [1.165, 1.54) is 22.9 Å². The van der Waals surface area contributed by atoms with Crippen molar-refractivity contribution in [2.45, 2.75) is 13.8 Å². The number of aromatic nitrogens is 1. The average Bonchev–Trinajstić information content (AvgIpc) is 2.30. The van der Waals surface area contributed by atoms with E-state index in [-0.39, 0.29) is 35.4 Å². The quantitative estimate of drug-likeness (QED) is 0.812. The highest BCUT2D eigenvalue weighted by Gasteiger charge is 2.14. The van der Waals surface area contributed by atoms with Crippen LogP contribution in [-0.2, 0) is 16.9 Å². The molecule has 6 nitrogen and oxygen atoms in total. The Morgan fingerprint density at radius 2 is 2.00 bits per heavy atom. The number of nitrogens with one attached hydrogen (secondary N) is 1. The maximum absolute atomic E-state index is 11.8. The van der Waals surface area contributed by atoms with Crippen molar-refractivity contribution in [3.05, 3.63) is 34.2 Å². The molecule has 0 atom stereocenters. The number of amides is 1. The van der Waals surface area contributed by atoms with E-state index < -0.39 is 9.84 Å². The predicted molar refractivity (Wildman–Crippen MR) is 77.5 cm³/mol. The molecular weight excluding hydrogens is 280 g/mol. The normalized spacial score (nSPS) is 11.6. The molecule has 0 radical (unpaired) electrons. The lowest BCUT2D eigenvalue weighted by molar-refractivity contribution is 0.0955. The van der Waals surface area contributed by atoms with Gasteiger partial charge in [-0.3, -0.25) is 9.59 Å². The van der Waals surface area contributed by atoms with Crippen LogP contribution in [0.5, 0.6) is 0 Å². The molecule has 0 spiro atoms. The largest absolute Gasteiger partial charge is 0.351 e. The number of carbonyl (C=O) groups excluding carboxylic acids is 1. The summed E-state index contributed by atoms with van der Waals surface area (Å²) in [6.45, 7) is 3.73. The first kappa shape index (κ1) is 16.4. The Balaban J connectivity index is 2.56. The van der Waals surface area contributed by atoms with Gasteiger partial charge in [0.1, 0.15) is 0 Å². The Kier molecular flexibility index (Phi) is 5.50. The number of pyridine rings is 1. The number of carbonyl (C=O) groups is 1. The molecule has 112 valence electrons. The van der Waals surface area contributed by atoms with E-state index in [9.17, 15) is 18.0 Å². The third-order valence-corrected chi connectivity index (χ3v) is 4.63. The molecule has 0 aromatic carbocycles. The molecule has 0 fully saturated rings. The van der Waals surface area contributed by atoms with E-state index in [4.69, 9.17) is 0 Å². The van der Waals surface area contributed by atoms with Crippen LogP contribution < -0.4 is 10.9 Å². The van der Waals surface area contributed by atoms with Gasteiger partial charge < -0.3 is 9.88 Å². The summed E-state index contributed by atoms with van der Waals surface area (Å²) in [5, 5.41) is 2.54. The van der Waals surface area contributed by atoms with E-state index in [0.717, 1.165) is 0 Å². The van der Waals surface area contributed by atoms with Crippen LogP contribution in [0, 0.1) is 5.92 Å². The van der Waals surface area contributed by atoms with E-state index in [0.29, 0.717) is 5.56 Å². The van der Waals surface area contributed by atoms with Crippen molar-refractivity contribution < 1.29 is 13.2 Å². The summed E-state index contributed by atoms with van der Waals surface area (Å²) in [5.74, 6) is -0.287. The molecule has 0 aliphatic carbocycles. The van der Waals surface area contributed by atoms with Crippen LogP contribution in [0.25, 0.3) is 0 Å². The minimum Gasteiger partial charge on any atom is -0.351 e. The van der Waals surface area contributed by atoms with Gasteiger partial charge in [-0.05, 0) is 12.0 Å². The van der Waals surface area contributed by atoms with Crippen molar-refractivity contribution in [3.8, 4) is 0 Å². The monoisotopic (exact) mass is 300 g/mol. The van der Waals surface area contributed by atoms with Gasteiger partial charge in [0.05, 0.1) is 17.1 Å². The lowest BCUT2D eigenvalue weighted by atomic mass is 10.2. The lowest BCUT2D eigenvalue weighted by Gasteiger charge is -2.08. The molecule has 0 saturated carbocycles. The third-order valence-electron chi connectivity index (χ3n) is 2.63. The Hall–Kier alpha value is -1.63. The standard InChI is InChI=1S/C13H20N2O4S/c1-10(2)9-20(18,19)7-6-14-13(17)11-4-5-12(16)15(3)8-11/h4-5,8,10H,6-7,9H2,1-3H3,(H,14,17). The van der Waals surface area contributed by atoms with Crippen LogP contribution >= 0.6 is 0 Å². The summed E-state index contributed by atoms with van der Waals surface area (Å²) < 4.78 is 24.6. The van der Waals surface area contributed by atoms with Gasteiger partial charge in [-0.25, -0.2) is 8.42 Å². The summed E-state index contributed by atoms with van der Waals surface area (Å²) >= 11 is 0. The molecule has 0 bridgehead atoms. The molecule has 0 unspecified atom stereocenters. The van der Waals surface area contributed by atoms with Gasteiger partial charge >= 0.3 is 0 Å². The Morgan fingerprint density at radius 3 is 2.55 bits per heavy atom. The van der Waals surface area contributed by atoms with E-state index >= 15 is 0 Å². The Morgan fingerprint density at radius 1 is 1.35 bits per heavy atom. The van der Waals surface area contributed by atoms with Crippen LogP contribution in [0.4, 0.5) is 0 Å². The van der Waals surface area contributed by atoms with Crippen LogP contribution in [0.3, 0.4) is 0 Å². The van der Waals surface area contributed by atoms with Crippen molar-refractivity contribution in [2.24, 2.45) is 13.0 Å². The maximum atomic E-state index is 11.8. The Bertz CT molecular complexity index is 632. The third kappa shape index (κ3) is 5.16. The molecule has 1 rings (SSSR count). The van der Waals surface area contributed by atoms with E-state index in [2.05, 4.69) is 5.32 Å². The molecule has 7 heteroatoms. The summed E-state index contributed by atoms with van der Waals surface area (Å²) in [5.41, 5.74) is 0.120. The van der Waals surface area contributed by atoms with E-state index in [1.54, 1.807) is 7.05 Å². The summed E-state index contributed by atoms with van der Waals surface area (Å²) in [4.78, 5) is 23.0. The van der Waals surface area contributed by atoms with E-state index in [1.807, 2.05) is 13.8 Å². The highest BCUT2D eigenvalue weighted by atomic mass is 32.2. The van der Waals surface area contributed by atoms with Gasteiger partial charge in [0.15, 0.2) is 9.84 Å². The van der Waals surface area contributed by atoms with Crippen molar-refractivity contribution in [1.82, 2.24) is 9.88 Å². The number of aryl methyl sites for hydroxylation is 1. The van der Waals surface area contributed by atoms with Crippen LogP contribution in [-0.4, -0.2) is 36.9 Å². The molecule has 1 N–H and O–H groups in total. The fraction of sp³-hybridized carbons (Fsp3) is 0.538. The van der Waals surface area contributed by atoms with Gasteiger partial charge in [-0.15, -0.1) is 0 Å². The number of hydrogen-bond acceptors (Lipinski definition) is 4. The molecule has 1 heterocycles. The first-order valence-electron chi connectivity index (χ1n) is 6.36. The zero-order valence-electron chi connectivity index (χ0n) is 11.9. The van der Waals surface area contributed by atoms with Crippen LogP contribution in [0.15, 0.2) is 23.1 Å². The van der Waals surface area contributed by atoms with Gasteiger partial charge in [0.25, 0.3) is 5.91 Å². The molecular formula is C13H20N2O4S. The summed E-state index contributed by atoms with van der Waals surface area (Å²) in [7, 11) is -1.60. The van der Waals surface area contributed by atoms with Gasteiger partial charge in [0.2, 0.25) is 5.56 Å². The molecule has 1 aromatic rings. The van der Waals surface area contributed by atoms with Gasteiger partial charge in [-0.1, -0.05) is 13.8 Å². The van der Waals surface area contributed by atoms with Gasteiger partial charge in [-0.2, -0.15) is 0 Å². The molecule has 0 aliphatic heterocycles. The zero-order valence-corrected chi connectivity index (χ0v) is 12.7. The SMILES string of the molecule is CC(C)CS(=O)(=O)CCNC(=O)c1ccc(=O)n(C)c1. The molecule has 1 amide bonds. The molecule has 0 aliphatic rings. The molecule has 1 aromatic heterocycles. The first-order valence-corrected chi connectivity index (χ1v) is 8.19. The van der Waals surface area contributed by atoms with Crippen molar-refractivity contribution in [1.29, 1.82) is 0 Å². The van der Waals surface area contributed by atoms with Crippen molar-refractivity contribution in [3.63, 3.8) is 0 Å². The number of hydrogen-bond donors (Lipinski definition) is 1. The highest BCUT2D eigenvalue weighted by molar-refractivity contribution is 7.91. The molecule has 20 heavy (non-hydrogen) atoms. The smallest absolute Gasteiger partial charge is 0.252 e. The average molecular weight is 300 g/mol. The zero-order chi connectivity index (χ0) is 15.3. The summed E-state index contributed by atoms with van der Waals surface area (Å²) in [6, 6.07) is 2.71. The van der Waals surface area contributed by atoms with Gasteiger partial charge in [0, 0.05) is 25.9 Å². The topological polar surface area (TPSA) is 85.2 Å². The van der Waals surface area contributed by atoms with Crippen molar-refractivity contribution >= 4 is 15.7 Å². The molecule has 0 saturated heterocycles. The predicted octanol–water partition coefficient (Wildman–Crippen LogP) is 0.186. The highest BCUT2D eigenvalue weighted by Crippen LogP contribution is 2.00. The van der Waals surface area contributed by atoms with Crippen LogP contribution in [0.1, 0.15) is 24.2 Å².